The van der Waals surface area contributed by atoms with Crippen molar-refractivity contribution >= 4 is 33.9 Å². The molecule has 0 radical (unpaired) electrons. The van der Waals surface area contributed by atoms with Gasteiger partial charge in [0.2, 0.25) is 0 Å². The lowest BCUT2D eigenvalue weighted by Gasteiger charge is -2.23. The van der Waals surface area contributed by atoms with E-state index in [1.807, 2.05) is 36.4 Å². The number of aromatic nitrogens is 1. The summed E-state index contributed by atoms with van der Waals surface area (Å²) in [6.07, 6.45) is 3.59. The van der Waals surface area contributed by atoms with Gasteiger partial charge in [-0.2, -0.15) is 0 Å². The molecule has 0 saturated carbocycles. The van der Waals surface area contributed by atoms with E-state index in [9.17, 15) is 0 Å². The third-order valence-electron chi connectivity index (χ3n) is 4.06. The highest BCUT2D eigenvalue weighted by atomic mass is 35.5. The molecule has 0 atom stereocenters. The Hall–Kier alpha value is -2.30. The van der Waals surface area contributed by atoms with E-state index in [1.165, 1.54) is 0 Å². The molecule has 4 nitrogen and oxygen atoms in total. The molecule has 1 heterocycles. The second-order valence-corrected chi connectivity index (χ2v) is 6.34. The molecule has 4 N–H and O–H groups in total. The first-order valence-electron chi connectivity index (χ1n) is 8.02. The first kappa shape index (κ1) is 16.6. The standard InChI is InChI=1S/C19H21ClN4/c1-2-4-16-17(21)5-3-6-19(16)24(22)12-13-7-8-18-14(9-13)10-15(20)11-23-18/h3,5-11H,2,4,12,21-22H2,1H3. The fourth-order valence-electron chi connectivity index (χ4n) is 2.92. The van der Waals surface area contributed by atoms with Gasteiger partial charge in [-0.25, -0.2) is 5.84 Å². The van der Waals surface area contributed by atoms with Crippen LogP contribution in [0.4, 0.5) is 11.4 Å². The number of nitrogen functional groups attached to an aromatic ring is 1. The maximum Gasteiger partial charge on any atom is 0.0703 e. The molecule has 0 spiro atoms. The van der Waals surface area contributed by atoms with Crippen LogP contribution in [0.1, 0.15) is 24.5 Å². The molecule has 2 aromatic carbocycles. The van der Waals surface area contributed by atoms with Crippen LogP contribution in [0.25, 0.3) is 10.9 Å². The number of hydrogen-bond acceptors (Lipinski definition) is 4. The van der Waals surface area contributed by atoms with E-state index in [-0.39, 0.29) is 0 Å². The van der Waals surface area contributed by atoms with Crippen molar-refractivity contribution in [2.24, 2.45) is 5.84 Å². The van der Waals surface area contributed by atoms with Crippen LogP contribution in [0.3, 0.4) is 0 Å². The third kappa shape index (κ3) is 3.45. The van der Waals surface area contributed by atoms with Crippen molar-refractivity contribution in [2.75, 3.05) is 10.7 Å². The zero-order valence-electron chi connectivity index (χ0n) is 13.7. The monoisotopic (exact) mass is 340 g/mol. The Kier molecular flexibility index (Phi) is 4.88. The Morgan fingerprint density at radius 3 is 2.79 bits per heavy atom. The van der Waals surface area contributed by atoms with E-state index in [0.29, 0.717) is 11.6 Å². The lowest BCUT2D eigenvalue weighted by Crippen LogP contribution is -2.31. The number of hydrazine groups is 1. The van der Waals surface area contributed by atoms with E-state index in [2.05, 4.69) is 18.0 Å². The Labute approximate surface area is 147 Å². The van der Waals surface area contributed by atoms with Crippen LogP contribution in [-0.4, -0.2) is 4.98 Å². The second kappa shape index (κ2) is 7.07. The van der Waals surface area contributed by atoms with Gasteiger partial charge in [-0.05, 0) is 47.9 Å². The van der Waals surface area contributed by atoms with Crippen molar-refractivity contribution in [2.45, 2.75) is 26.3 Å². The molecule has 24 heavy (non-hydrogen) atoms. The number of nitrogens with two attached hydrogens (primary N) is 2. The van der Waals surface area contributed by atoms with E-state index in [4.69, 9.17) is 23.2 Å². The van der Waals surface area contributed by atoms with Crippen molar-refractivity contribution < 1.29 is 0 Å². The second-order valence-electron chi connectivity index (χ2n) is 5.90. The fraction of sp³-hybridized carbons (Fsp3) is 0.211. The summed E-state index contributed by atoms with van der Waals surface area (Å²) in [5.74, 6) is 6.34. The number of pyridine rings is 1. The van der Waals surface area contributed by atoms with E-state index in [0.717, 1.165) is 46.2 Å². The maximum atomic E-state index is 6.34. The van der Waals surface area contributed by atoms with E-state index in [1.54, 1.807) is 11.2 Å². The van der Waals surface area contributed by atoms with Gasteiger partial charge >= 0.3 is 0 Å². The van der Waals surface area contributed by atoms with Crippen molar-refractivity contribution in [3.05, 3.63) is 64.8 Å². The van der Waals surface area contributed by atoms with Crippen LogP contribution in [-0.2, 0) is 13.0 Å². The van der Waals surface area contributed by atoms with Gasteiger partial charge in [0.05, 0.1) is 22.8 Å². The summed E-state index contributed by atoms with van der Waals surface area (Å²) in [6.45, 7) is 2.72. The average Bonchev–Trinajstić information content (AvgIpc) is 2.56. The summed E-state index contributed by atoms with van der Waals surface area (Å²) in [5, 5.41) is 3.39. The summed E-state index contributed by atoms with van der Waals surface area (Å²) in [6, 6.07) is 13.9. The zero-order valence-corrected chi connectivity index (χ0v) is 14.4. The Bertz CT molecular complexity index is 863. The van der Waals surface area contributed by atoms with Crippen LogP contribution >= 0.6 is 11.6 Å². The molecule has 0 aliphatic heterocycles. The van der Waals surface area contributed by atoms with Gasteiger partial charge < -0.3 is 10.7 Å². The van der Waals surface area contributed by atoms with E-state index < -0.39 is 0 Å². The molecule has 0 amide bonds. The Balaban J connectivity index is 1.89. The van der Waals surface area contributed by atoms with Crippen molar-refractivity contribution in [3.8, 4) is 0 Å². The quantitative estimate of drug-likeness (QED) is 0.412. The topological polar surface area (TPSA) is 68.2 Å². The number of anilines is 2. The number of rotatable bonds is 5. The van der Waals surface area contributed by atoms with Crippen LogP contribution in [0.15, 0.2) is 48.7 Å². The van der Waals surface area contributed by atoms with Gasteiger partial charge in [0.25, 0.3) is 0 Å². The largest absolute Gasteiger partial charge is 0.398 e. The normalized spacial score (nSPS) is 11.0. The molecule has 3 aromatic rings. The zero-order chi connectivity index (χ0) is 17.1. The molecule has 124 valence electrons. The molecule has 5 heteroatoms. The lowest BCUT2D eigenvalue weighted by atomic mass is 10.0. The van der Waals surface area contributed by atoms with Crippen molar-refractivity contribution in [1.29, 1.82) is 0 Å². The predicted octanol–water partition coefficient (Wildman–Crippen LogP) is 4.30. The highest BCUT2D eigenvalue weighted by Gasteiger charge is 2.11. The van der Waals surface area contributed by atoms with E-state index >= 15 is 0 Å². The minimum atomic E-state index is 0.586. The molecule has 3 rings (SSSR count). The molecule has 0 aliphatic carbocycles. The van der Waals surface area contributed by atoms with Crippen LogP contribution in [0.2, 0.25) is 5.02 Å². The SMILES string of the molecule is CCCc1c(N)cccc1N(N)Cc1ccc2ncc(Cl)cc2c1. The highest BCUT2D eigenvalue weighted by molar-refractivity contribution is 6.31. The number of halogens is 1. The first-order valence-corrected chi connectivity index (χ1v) is 8.40. The van der Waals surface area contributed by atoms with Crippen LogP contribution in [0, 0.1) is 0 Å². The molecule has 0 bridgehead atoms. The summed E-state index contributed by atoms with van der Waals surface area (Å²) < 4.78 is 0. The molecule has 0 unspecified atom stereocenters. The minimum Gasteiger partial charge on any atom is -0.398 e. The van der Waals surface area contributed by atoms with Gasteiger partial charge in [0.15, 0.2) is 0 Å². The van der Waals surface area contributed by atoms with Crippen LogP contribution < -0.4 is 16.6 Å². The number of nitrogens with zero attached hydrogens (tertiary/aromatic N) is 2. The molecular weight excluding hydrogens is 320 g/mol. The van der Waals surface area contributed by atoms with Gasteiger partial charge in [-0.1, -0.05) is 37.1 Å². The summed E-state index contributed by atoms with van der Waals surface area (Å²) >= 11 is 6.03. The molecule has 0 saturated heterocycles. The molecule has 0 fully saturated rings. The minimum absolute atomic E-state index is 0.586. The predicted molar refractivity (Wildman–Crippen MR) is 102 cm³/mol. The molecule has 1 aromatic heterocycles. The maximum absolute atomic E-state index is 6.34. The summed E-state index contributed by atoms with van der Waals surface area (Å²) in [5.41, 5.74) is 11.0. The summed E-state index contributed by atoms with van der Waals surface area (Å²) in [7, 11) is 0. The highest BCUT2D eigenvalue weighted by Crippen LogP contribution is 2.27. The smallest absolute Gasteiger partial charge is 0.0703 e. The third-order valence-corrected chi connectivity index (χ3v) is 4.27. The fourth-order valence-corrected chi connectivity index (χ4v) is 3.08. The average molecular weight is 341 g/mol. The van der Waals surface area contributed by atoms with Gasteiger partial charge in [-0.3, -0.25) is 4.98 Å². The number of benzene rings is 2. The van der Waals surface area contributed by atoms with Gasteiger partial charge in [0.1, 0.15) is 0 Å². The van der Waals surface area contributed by atoms with Gasteiger partial charge in [0, 0.05) is 17.3 Å². The van der Waals surface area contributed by atoms with Crippen molar-refractivity contribution in [3.63, 3.8) is 0 Å². The van der Waals surface area contributed by atoms with Crippen molar-refractivity contribution in [1.82, 2.24) is 4.98 Å². The van der Waals surface area contributed by atoms with Crippen LogP contribution in [0.5, 0.6) is 0 Å². The molecule has 0 aliphatic rings. The summed E-state index contributed by atoms with van der Waals surface area (Å²) in [4.78, 5) is 4.32. The number of fused-ring (bicyclic) bond motifs is 1. The lowest BCUT2D eigenvalue weighted by molar-refractivity contribution is 0.832. The first-order chi connectivity index (χ1) is 11.6. The Morgan fingerprint density at radius 2 is 2.00 bits per heavy atom. The Morgan fingerprint density at radius 1 is 1.17 bits per heavy atom. The van der Waals surface area contributed by atoms with Gasteiger partial charge in [-0.15, -0.1) is 0 Å². The number of hydrogen-bond donors (Lipinski definition) is 2. The molecular formula is C19H21ClN4.